The Bertz CT molecular complexity index is 1210. The van der Waals surface area contributed by atoms with Crippen LogP contribution in [0.3, 0.4) is 0 Å². The van der Waals surface area contributed by atoms with Crippen LogP contribution in [0.1, 0.15) is 23.1 Å². The van der Waals surface area contributed by atoms with Crippen LogP contribution < -0.4 is 0 Å². The Labute approximate surface area is 169 Å². The van der Waals surface area contributed by atoms with Gasteiger partial charge in [-0.2, -0.15) is 0 Å². The number of cyclic esters (lactones) is 1. The van der Waals surface area contributed by atoms with Gasteiger partial charge in [0.15, 0.2) is 0 Å². The molecule has 0 bridgehead atoms. The number of carbonyl (C=O) groups is 1. The first kappa shape index (κ1) is 17.4. The Hall–Kier alpha value is -3.72. The summed E-state index contributed by atoms with van der Waals surface area (Å²) < 4.78 is 5.59. The Balaban J connectivity index is 1.84. The number of hydrogen-bond acceptors (Lipinski definition) is 3. The minimum absolute atomic E-state index is 0.154. The van der Waals surface area contributed by atoms with Gasteiger partial charge in [0.1, 0.15) is 5.54 Å². The molecule has 0 saturated carbocycles. The van der Waals surface area contributed by atoms with E-state index in [1.54, 1.807) is 0 Å². The second-order valence-corrected chi connectivity index (χ2v) is 7.19. The SMILES string of the molecule is O=C1CC(c2ccccc2)(c2cccc3ccccc23)N=C(c2ccccc2)O1. The van der Waals surface area contributed by atoms with Gasteiger partial charge in [-0.1, -0.05) is 91.0 Å². The van der Waals surface area contributed by atoms with Crippen LogP contribution in [0.15, 0.2) is 108 Å². The van der Waals surface area contributed by atoms with Crippen LogP contribution in [-0.2, 0) is 15.1 Å². The van der Waals surface area contributed by atoms with Crippen LogP contribution >= 0.6 is 0 Å². The van der Waals surface area contributed by atoms with Gasteiger partial charge < -0.3 is 4.74 Å². The molecule has 0 amide bonds. The number of esters is 1. The lowest BCUT2D eigenvalue weighted by Crippen LogP contribution is -2.37. The van der Waals surface area contributed by atoms with E-state index in [4.69, 9.17) is 9.73 Å². The Morgan fingerprint density at radius 3 is 2.17 bits per heavy atom. The summed E-state index contributed by atoms with van der Waals surface area (Å²) in [5, 5.41) is 2.21. The fraction of sp³-hybridized carbons (Fsp3) is 0.0769. The maximum absolute atomic E-state index is 12.8. The molecule has 4 aromatic carbocycles. The minimum atomic E-state index is -0.845. The fourth-order valence-electron chi connectivity index (χ4n) is 4.07. The van der Waals surface area contributed by atoms with Gasteiger partial charge in [0.2, 0.25) is 5.90 Å². The van der Waals surface area contributed by atoms with Gasteiger partial charge in [0.05, 0.1) is 6.42 Å². The highest BCUT2D eigenvalue weighted by Gasteiger charge is 2.42. The standard InChI is InChI=1S/C26H19NO2/c28-24-18-26(21-14-5-2-6-15-21,27-25(29-24)20-11-3-1-4-12-20)23-17-9-13-19-10-7-8-16-22(19)23/h1-17H,18H2. The van der Waals surface area contributed by atoms with Crippen LogP contribution in [0.5, 0.6) is 0 Å². The summed E-state index contributed by atoms with van der Waals surface area (Å²) in [5.41, 5.74) is 1.93. The van der Waals surface area contributed by atoms with E-state index in [1.807, 2.05) is 78.9 Å². The summed E-state index contributed by atoms with van der Waals surface area (Å²) in [5.74, 6) is 0.0780. The van der Waals surface area contributed by atoms with Gasteiger partial charge in [-0.05, 0) is 34.0 Å². The van der Waals surface area contributed by atoms with E-state index in [0.717, 1.165) is 27.5 Å². The van der Waals surface area contributed by atoms with Crippen LogP contribution in [0.2, 0.25) is 0 Å². The van der Waals surface area contributed by atoms with E-state index in [-0.39, 0.29) is 12.4 Å². The first-order valence-corrected chi connectivity index (χ1v) is 9.66. The molecule has 0 aliphatic carbocycles. The van der Waals surface area contributed by atoms with Crippen molar-refractivity contribution in [3.63, 3.8) is 0 Å². The average Bonchev–Trinajstić information content (AvgIpc) is 2.79. The van der Waals surface area contributed by atoms with E-state index in [0.29, 0.717) is 5.90 Å². The number of hydrogen-bond donors (Lipinski definition) is 0. The molecular formula is C26H19NO2. The first-order chi connectivity index (χ1) is 14.3. The molecule has 1 heterocycles. The summed E-state index contributed by atoms with van der Waals surface area (Å²) in [6.45, 7) is 0. The predicted molar refractivity (Wildman–Crippen MR) is 115 cm³/mol. The third kappa shape index (κ3) is 3.01. The Kier molecular flexibility index (Phi) is 4.21. The molecule has 0 spiro atoms. The van der Waals surface area contributed by atoms with E-state index in [2.05, 4.69) is 24.3 Å². The van der Waals surface area contributed by atoms with Crippen molar-refractivity contribution in [2.45, 2.75) is 12.0 Å². The van der Waals surface area contributed by atoms with E-state index in [1.165, 1.54) is 0 Å². The maximum atomic E-state index is 12.8. The van der Waals surface area contributed by atoms with Gasteiger partial charge in [-0.15, -0.1) is 0 Å². The lowest BCUT2D eigenvalue weighted by molar-refractivity contribution is -0.137. The number of nitrogens with zero attached hydrogens (tertiary/aromatic N) is 1. The van der Waals surface area contributed by atoms with Gasteiger partial charge in [0, 0.05) is 5.56 Å². The number of carbonyl (C=O) groups excluding carboxylic acids is 1. The summed E-state index contributed by atoms with van der Waals surface area (Å²) in [4.78, 5) is 17.9. The molecule has 5 rings (SSSR count). The zero-order valence-electron chi connectivity index (χ0n) is 15.8. The molecule has 0 N–H and O–H groups in total. The second-order valence-electron chi connectivity index (χ2n) is 7.19. The third-order valence-electron chi connectivity index (χ3n) is 5.41. The molecule has 140 valence electrons. The zero-order chi connectivity index (χ0) is 19.7. The van der Waals surface area contributed by atoms with Crippen molar-refractivity contribution in [1.82, 2.24) is 0 Å². The largest absolute Gasteiger partial charge is 0.407 e. The van der Waals surface area contributed by atoms with Crippen LogP contribution in [0.4, 0.5) is 0 Å². The third-order valence-corrected chi connectivity index (χ3v) is 5.41. The van der Waals surface area contributed by atoms with Crippen LogP contribution in [0.25, 0.3) is 10.8 Å². The Morgan fingerprint density at radius 2 is 1.38 bits per heavy atom. The molecule has 3 nitrogen and oxygen atoms in total. The Morgan fingerprint density at radius 1 is 0.724 bits per heavy atom. The second kappa shape index (κ2) is 7.02. The highest BCUT2D eigenvalue weighted by atomic mass is 16.5. The van der Waals surface area contributed by atoms with Crippen molar-refractivity contribution in [2.24, 2.45) is 4.99 Å². The van der Waals surface area contributed by atoms with Gasteiger partial charge in [-0.3, -0.25) is 4.79 Å². The van der Waals surface area contributed by atoms with E-state index >= 15 is 0 Å². The number of aliphatic imine (C=N–C) groups is 1. The number of ether oxygens (including phenoxy) is 1. The van der Waals surface area contributed by atoms with Crippen molar-refractivity contribution in [3.05, 3.63) is 120 Å². The molecule has 29 heavy (non-hydrogen) atoms. The van der Waals surface area contributed by atoms with Crippen molar-refractivity contribution < 1.29 is 9.53 Å². The molecular weight excluding hydrogens is 358 g/mol. The molecule has 3 heteroatoms. The molecule has 0 fully saturated rings. The van der Waals surface area contributed by atoms with E-state index < -0.39 is 5.54 Å². The molecule has 0 aromatic heterocycles. The van der Waals surface area contributed by atoms with Crippen molar-refractivity contribution in [1.29, 1.82) is 0 Å². The molecule has 0 saturated heterocycles. The lowest BCUT2D eigenvalue weighted by Gasteiger charge is -2.35. The monoisotopic (exact) mass is 377 g/mol. The molecule has 0 radical (unpaired) electrons. The minimum Gasteiger partial charge on any atom is -0.407 e. The summed E-state index contributed by atoms with van der Waals surface area (Å²) in [6, 6.07) is 34.0. The molecule has 4 aromatic rings. The first-order valence-electron chi connectivity index (χ1n) is 9.66. The highest BCUT2D eigenvalue weighted by molar-refractivity contribution is 6.03. The average molecular weight is 377 g/mol. The normalized spacial score (nSPS) is 18.9. The quantitative estimate of drug-likeness (QED) is 0.444. The fourth-order valence-corrected chi connectivity index (χ4v) is 4.07. The molecule has 1 aliphatic heterocycles. The molecule has 1 unspecified atom stereocenters. The van der Waals surface area contributed by atoms with Crippen molar-refractivity contribution in [2.75, 3.05) is 0 Å². The highest BCUT2D eigenvalue weighted by Crippen LogP contribution is 2.43. The maximum Gasteiger partial charge on any atom is 0.315 e. The number of rotatable bonds is 3. The molecule has 1 aliphatic rings. The van der Waals surface area contributed by atoms with Crippen LogP contribution in [-0.4, -0.2) is 11.9 Å². The number of benzene rings is 4. The molecule has 1 atom stereocenters. The lowest BCUT2D eigenvalue weighted by atomic mass is 9.78. The van der Waals surface area contributed by atoms with Gasteiger partial charge in [-0.25, -0.2) is 4.99 Å². The van der Waals surface area contributed by atoms with Crippen molar-refractivity contribution in [3.8, 4) is 0 Å². The predicted octanol–water partition coefficient (Wildman–Crippen LogP) is 5.48. The van der Waals surface area contributed by atoms with Gasteiger partial charge >= 0.3 is 5.97 Å². The van der Waals surface area contributed by atoms with Crippen molar-refractivity contribution >= 4 is 22.6 Å². The van der Waals surface area contributed by atoms with E-state index in [9.17, 15) is 4.79 Å². The summed E-state index contributed by atoms with van der Waals surface area (Å²) in [6.07, 6.45) is 0.154. The van der Waals surface area contributed by atoms with Gasteiger partial charge in [0.25, 0.3) is 0 Å². The summed E-state index contributed by atoms with van der Waals surface area (Å²) >= 11 is 0. The number of fused-ring (bicyclic) bond motifs is 1. The summed E-state index contributed by atoms with van der Waals surface area (Å²) in [7, 11) is 0. The smallest absolute Gasteiger partial charge is 0.315 e. The van der Waals surface area contributed by atoms with Crippen LogP contribution in [0, 0.1) is 0 Å². The topological polar surface area (TPSA) is 38.7 Å². The zero-order valence-corrected chi connectivity index (χ0v) is 15.8.